The molecule has 1 rings (SSSR count). The number of nitrogens with zero attached hydrogens (tertiary/aromatic N) is 1. The van der Waals surface area contributed by atoms with Gasteiger partial charge in [0.15, 0.2) is 0 Å². The molecule has 1 aliphatic heterocycles. The van der Waals surface area contributed by atoms with Crippen LogP contribution in [-0.4, -0.2) is 49.3 Å². The van der Waals surface area contributed by atoms with Gasteiger partial charge in [-0.3, -0.25) is 0 Å². The van der Waals surface area contributed by atoms with E-state index in [1.165, 1.54) is 141 Å². The van der Waals surface area contributed by atoms with E-state index in [1.54, 1.807) is 0 Å². The lowest BCUT2D eigenvalue weighted by atomic mass is 9.87. The Morgan fingerprint density at radius 3 is 1.46 bits per heavy atom. The summed E-state index contributed by atoms with van der Waals surface area (Å²) in [4.78, 5) is 2.33. The molecule has 1 heterocycles. The standard InChI is InChI=1S/C50H93NO3/c1-9-11-13-15-17-19-21-23-25-27-29-31-33-35-37-39-41-47(42-40-38-36-34-32-30-28-26-24-22-20-18-16-14-12-10-2)53-50(6)52-45-48(54-50)43-46(3)44-49(4,5)51(7)8/h17-20,23-26,46-48H,9-16,21-22,27-45H2,1-8H3/b19-17-,20-18-,25-23-,26-24-. The number of hydrogen-bond donors (Lipinski definition) is 0. The molecule has 0 aromatic carbocycles. The molecule has 0 spiro atoms. The lowest BCUT2D eigenvalue weighted by molar-refractivity contribution is -0.343. The third-order valence-electron chi connectivity index (χ3n) is 11.5. The lowest BCUT2D eigenvalue weighted by Gasteiger charge is -2.35. The Kier molecular flexibility index (Phi) is 31.9. The maximum absolute atomic E-state index is 6.72. The molecule has 1 fully saturated rings. The Bertz CT molecular complexity index is 904. The van der Waals surface area contributed by atoms with E-state index >= 15 is 0 Å². The van der Waals surface area contributed by atoms with Crippen molar-refractivity contribution in [2.45, 2.75) is 245 Å². The molecule has 0 saturated carbocycles. The number of allylic oxidation sites excluding steroid dienone is 8. The van der Waals surface area contributed by atoms with Crippen molar-refractivity contribution in [2.24, 2.45) is 5.92 Å². The third-order valence-corrected chi connectivity index (χ3v) is 11.5. The molecule has 0 aliphatic carbocycles. The Labute approximate surface area is 338 Å². The quantitative estimate of drug-likeness (QED) is 0.0467. The van der Waals surface area contributed by atoms with Crippen molar-refractivity contribution >= 4 is 0 Å². The summed E-state index contributed by atoms with van der Waals surface area (Å²) >= 11 is 0. The minimum Gasteiger partial charge on any atom is -0.325 e. The van der Waals surface area contributed by atoms with Crippen LogP contribution >= 0.6 is 0 Å². The fraction of sp³-hybridized carbons (Fsp3) is 0.840. The maximum Gasteiger partial charge on any atom is 0.280 e. The Hall–Kier alpha value is -1.20. The zero-order valence-corrected chi connectivity index (χ0v) is 37.5. The topological polar surface area (TPSA) is 30.9 Å². The van der Waals surface area contributed by atoms with Crippen molar-refractivity contribution in [1.29, 1.82) is 0 Å². The summed E-state index contributed by atoms with van der Waals surface area (Å²) < 4.78 is 19.5. The highest BCUT2D eigenvalue weighted by atomic mass is 16.9. The molecule has 3 atom stereocenters. The van der Waals surface area contributed by atoms with Crippen LogP contribution in [0.2, 0.25) is 0 Å². The van der Waals surface area contributed by atoms with Crippen molar-refractivity contribution < 1.29 is 14.2 Å². The second kappa shape index (κ2) is 33.9. The normalized spacial score (nSPS) is 19.0. The molecule has 0 amide bonds. The van der Waals surface area contributed by atoms with Crippen molar-refractivity contribution in [3.63, 3.8) is 0 Å². The van der Waals surface area contributed by atoms with E-state index in [9.17, 15) is 0 Å². The Morgan fingerprint density at radius 2 is 1.04 bits per heavy atom. The SMILES string of the molecule is CCCCC/C=C\C/C=C\CCCCCCCCC(CCCCCCCC/C=C\C/C=C\CCCCC)OC1(C)OCC(CC(C)CC(C)(C)N(C)C)O1. The first-order chi connectivity index (χ1) is 26.1. The van der Waals surface area contributed by atoms with Crippen LogP contribution in [-0.2, 0) is 14.2 Å². The van der Waals surface area contributed by atoms with Gasteiger partial charge in [-0.2, -0.15) is 0 Å². The van der Waals surface area contributed by atoms with Crippen LogP contribution in [0.1, 0.15) is 221 Å². The molecular formula is C50H93NO3. The first-order valence-corrected chi connectivity index (χ1v) is 23.4. The van der Waals surface area contributed by atoms with Gasteiger partial charge in [-0.05, 0) is 124 Å². The molecule has 54 heavy (non-hydrogen) atoms. The molecule has 316 valence electrons. The number of rotatable bonds is 37. The average molecular weight is 756 g/mol. The smallest absolute Gasteiger partial charge is 0.280 e. The van der Waals surface area contributed by atoms with Crippen molar-refractivity contribution in [3.05, 3.63) is 48.6 Å². The van der Waals surface area contributed by atoms with Crippen LogP contribution < -0.4 is 0 Å². The molecule has 0 aromatic heterocycles. The minimum atomic E-state index is -0.914. The third kappa shape index (κ3) is 29.1. The predicted molar refractivity (Wildman–Crippen MR) is 238 cm³/mol. The van der Waals surface area contributed by atoms with Gasteiger partial charge in [-0.1, -0.05) is 159 Å². The van der Waals surface area contributed by atoms with Gasteiger partial charge in [0.25, 0.3) is 5.97 Å². The summed E-state index contributed by atoms with van der Waals surface area (Å²) in [5.41, 5.74) is 0.174. The number of ether oxygens (including phenoxy) is 3. The molecular weight excluding hydrogens is 663 g/mol. The fourth-order valence-corrected chi connectivity index (χ4v) is 7.65. The van der Waals surface area contributed by atoms with E-state index in [4.69, 9.17) is 14.2 Å². The summed E-state index contributed by atoms with van der Waals surface area (Å²) in [7, 11) is 4.36. The van der Waals surface area contributed by atoms with Crippen LogP contribution in [0.3, 0.4) is 0 Å². The molecule has 1 aliphatic rings. The van der Waals surface area contributed by atoms with Crippen molar-refractivity contribution in [2.75, 3.05) is 20.7 Å². The van der Waals surface area contributed by atoms with E-state index in [1.807, 2.05) is 6.92 Å². The maximum atomic E-state index is 6.72. The zero-order chi connectivity index (χ0) is 39.6. The van der Waals surface area contributed by atoms with Gasteiger partial charge < -0.3 is 19.1 Å². The van der Waals surface area contributed by atoms with Crippen LogP contribution in [0.25, 0.3) is 0 Å². The number of unbranched alkanes of at least 4 members (excludes halogenated alkanes) is 18. The minimum absolute atomic E-state index is 0.104. The van der Waals surface area contributed by atoms with Crippen LogP contribution in [0.15, 0.2) is 48.6 Å². The Morgan fingerprint density at radius 1 is 0.630 bits per heavy atom. The second-order valence-electron chi connectivity index (χ2n) is 17.7. The lowest BCUT2D eigenvalue weighted by Crippen LogP contribution is -2.40. The molecule has 4 heteroatoms. The highest BCUT2D eigenvalue weighted by Crippen LogP contribution is 2.33. The van der Waals surface area contributed by atoms with Crippen LogP contribution in [0, 0.1) is 5.92 Å². The summed E-state index contributed by atoms with van der Waals surface area (Å²) in [5, 5.41) is 0. The summed E-state index contributed by atoms with van der Waals surface area (Å²) in [6.45, 7) is 14.2. The molecule has 0 radical (unpaired) electrons. The average Bonchev–Trinajstić information content (AvgIpc) is 3.49. The van der Waals surface area contributed by atoms with E-state index in [2.05, 4.69) is 102 Å². The van der Waals surface area contributed by atoms with Crippen molar-refractivity contribution in [1.82, 2.24) is 4.90 Å². The summed E-state index contributed by atoms with van der Waals surface area (Å²) in [5.74, 6) is -0.353. The van der Waals surface area contributed by atoms with Crippen LogP contribution in [0.5, 0.6) is 0 Å². The van der Waals surface area contributed by atoms with Crippen molar-refractivity contribution in [3.8, 4) is 0 Å². The van der Waals surface area contributed by atoms with Gasteiger partial charge in [0.2, 0.25) is 0 Å². The van der Waals surface area contributed by atoms with Gasteiger partial charge in [0, 0.05) is 12.5 Å². The second-order valence-corrected chi connectivity index (χ2v) is 17.7. The van der Waals surface area contributed by atoms with Gasteiger partial charge in [0.1, 0.15) is 0 Å². The predicted octanol–water partition coefficient (Wildman–Crippen LogP) is 15.6. The molecule has 0 N–H and O–H groups in total. The number of hydrogen-bond acceptors (Lipinski definition) is 4. The van der Waals surface area contributed by atoms with E-state index < -0.39 is 5.97 Å². The van der Waals surface area contributed by atoms with E-state index in [0.717, 1.165) is 38.5 Å². The highest BCUT2D eigenvalue weighted by molar-refractivity contribution is 4.93. The zero-order valence-electron chi connectivity index (χ0n) is 37.5. The largest absolute Gasteiger partial charge is 0.325 e. The fourth-order valence-electron chi connectivity index (χ4n) is 7.65. The molecule has 1 saturated heterocycles. The monoisotopic (exact) mass is 756 g/mol. The molecule has 0 bridgehead atoms. The first kappa shape index (κ1) is 50.8. The first-order valence-electron chi connectivity index (χ1n) is 23.4. The van der Waals surface area contributed by atoms with E-state index in [0.29, 0.717) is 12.5 Å². The molecule has 3 unspecified atom stereocenters. The van der Waals surface area contributed by atoms with Gasteiger partial charge in [0.05, 0.1) is 18.8 Å². The van der Waals surface area contributed by atoms with Gasteiger partial charge >= 0.3 is 0 Å². The Balaban J connectivity index is 2.39. The summed E-state index contributed by atoms with van der Waals surface area (Å²) in [6, 6.07) is 0. The highest BCUT2D eigenvalue weighted by Gasteiger charge is 2.41. The molecule has 4 nitrogen and oxygen atoms in total. The summed E-state index contributed by atoms with van der Waals surface area (Å²) in [6.07, 6.45) is 54.3. The molecule has 0 aromatic rings. The van der Waals surface area contributed by atoms with Gasteiger partial charge in [-0.25, -0.2) is 0 Å². The van der Waals surface area contributed by atoms with Gasteiger partial charge in [-0.15, -0.1) is 0 Å². The van der Waals surface area contributed by atoms with Crippen LogP contribution in [0.4, 0.5) is 0 Å². The van der Waals surface area contributed by atoms with E-state index in [-0.39, 0.29) is 17.7 Å².